The van der Waals surface area contributed by atoms with Crippen LogP contribution in [-0.2, 0) is 9.53 Å². The number of hydrogen-bond acceptors (Lipinski definition) is 4. The average molecular weight is 310 g/mol. The Morgan fingerprint density at radius 1 is 1.32 bits per heavy atom. The fourth-order valence-electron chi connectivity index (χ4n) is 4.73. The van der Waals surface area contributed by atoms with Crippen molar-refractivity contribution in [2.75, 3.05) is 0 Å². The number of hydrogen-bond donors (Lipinski definition) is 2. The summed E-state index contributed by atoms with van der Waals surface area (Å²) in [5.41, 5.74) is -1.85. The number of esters is 1. The van der Waals surface area contributed by atoms with E-state index in [4.69, 9.17) is 4.74 Å². The number of carbonyl (C=O) groups excluding carboxylic acids is 1. The highest BCUT2D eigenvalue weighted by atomic mass is 16.6. The summed E-state index contributed by atoms with van der Waals surface area (Å²) in [6.07, 6.45) is 6.28. The number of rotatable bonds is 5. The van der Waals surface area contributed by atoms with Crippen LogP contribution < -0.4 is 0 Å². The zero-order valence-corrected chi connectivity index (χ0v) is 14.2. The first-order valence-corrected chi connectivity index (χ1v) is 8.63. The molecule has 0 aromatic heterocycles. The summed E-state index contributed by atoms with van der Waals surface area (Å²) in [5, 5.41) is 21.7. The quantitative estimate of drug-likeness (QED) is 0.605. The van der Waals surface area contributed by atoms with E-state index in [0.29, 0.717) is 19.3 Å². The number of aliphatic hydroxyl groups is 2. The number of cyclic esters (lactones) is 1. The van der Waals surface area contributed by atoms with Crippen molar-refractivity contribution < 1.29 is 19.7 Å². The van der Waals surface area contributed by atoms with Crippen LogP contribution in [0.4, 0.5) is 0 Å². The zero-order chi connectivity index (χ0) is 16.5. The average Bonchev–Trinajstić information content (AvgIpc) is 2.91. The summed E-state index contributed by atoms with van der Waals surface area (Å²) in [5.74, 6) is -0.173. The molecule has 1 aliphatic heterocycles. The van der Waals surface area contributed by atoms with Crippen molar-refractivity contribution >= 4 is 5.97 Å². The molecule has 22 heavy (non-hydrogen) atoms. The van der Waals surface area contributed by atoms with E-state index in [1.807, 2.05) is 13.8 Å². The van der Waals surface area contributed by atoms with Crippen molar-refractivity contribution in [3.05, 3.63) is 12.2 Å². The van der Waals surface area contributed by atoms with E-state index < -0.39 is 17.3 Å². The van der Waals surface area contributed by atoms with Crippen LogP contribution in [0, 0.1) is 17.8 Å². The first-order chi connectivity index (χ1) is 10.3. The molecule has 0 amide bonds. The maximum atomic E-state index is 11.8. The van der Waals surface area contributed by atoms with Gasteiger partial charge in [0, 0.05) is 5.92 Å². The maximum Gasteiger partial charge on any atom is 0.309 e. The number of allylic oxidation sites excluding steroid dienone is 2. The molecule has 4 nitrogen and oxygen atoms in total. The summed E-state index contributed by atoms with van der Waals surface area (Å²) < 4.78 is 5.64. The van der Waals surface area contributed by atoms with Crippen molar-refractivity contribution in [2.45, 2.75) is 77.1 Å². The first kappa shape index (κ1) is 17.5. The highest BCUT2D eigenvalue weighted by Crippen LogP contribution is 2.56. The molecule has 0 radical (unpaired) electrons. The van der Waals surface area contributed by atoms with Gasteiger partial charge in [0.05, 0.1) is 12.0 Å². The Bertz CT molecular complexity index is 446. The molecule has 0 aromatic carbocycles. The molecule has 126 valence electrons. The van der Waals surface area contributed by atoms with Gasteiger partial charge in [0.25, 0.3) is 0 Å². The van der Waals surface area contributed by atoms with Crippen LogP contribution in [-0.4, -0.2) is 33.5 Å². The minimum absolute atomic E-state index is 0.0340. The van der Waals surface area contributed by atoms with Crippen LogP contribution in [0.3, 0.4) is 0 Å². The normalized spacial score (nSPS) is 45.6. The fourth-order valence-corrected chi connectivity index (χ4v) is 4.73. The van der Waals surface area contributed by atoms with E-state index in [0.717, 1.165) is 6.42 Å². The number of ether oxygens (including phenoxy) is 1. The van der Waals surface area contributed by atoms with Crippen LogP contribution >= 0.6 is 0 Å². The van der Waals surface area contributed by atoms with Crippen molar-refractivity contribution in [1.82, 2.24) is 0 Å². The Morgan fingerprint density at radius 2 is 2.00 bits per heavy atom. The Morgan fingerprint density at radius 3 is 2.45 bits per heavy atom. The van der Waals surface area contributed by atoms with Crippen molar-refractivity contribution in [3.63, 3.8) is 0 Å². The Kier molecular flexibility index (Phi) is 5.03. The molecular weight excluding hydrogens is 280 g/mol. The number of carbonyl (C=O) groups is 1. The summed E-state index contributed by atoms with van der Waals surface area (Å²) in [4.78, 5) is 11.8. The molecule has 1 heterocycles. The Hall–Kier alpha value is -0.870. The molecular formula is C18H30O4. The first-order valence-electron chi connectivity index (χ1n) is 8.63. The van der Waals surface area contributed by atoms with E-state index in [1.165, 1.54) is 0 Å². The van der Waals surface area contributed by atoms with E-state index >= 15 is 0 Å². The van der Waals surface area contributed by atoms with Gasteiger partial charge in [-0.25, -0.2) is 0 Å². The van der Waals surface area contributed by atoms with Crippen LogP contribution in [0.1, 0.15) is 59.8 Å². The predicted octanol–water partition coefficient (Wildman–Crippen LogP) is 2.82. The molecule has 2 rings (SSSR count). The molecule has 0 aromatic rings. The van der Waals surface area contributed by atoms with E-state index in [2.05, 4.69) is 26.0 Å². The predicted molar refractivity (Wildman–Crippen MR) is 85.2 cm³/mol. The third-order valence-corrected chi connectivity index (χ3v) is 5.91. The summed E-state index contributed by atoms with van der Waals surface area (Å²) in [7, 11) is 0. The molecule has 4 heteroatoms. The second-order valence-electron chi connectivity index (χ2n) is 7.00. The third-order valence-electron chi connectivity index (χ3n) is 5.91. The standard InChI is InChI=1S/C18H30O4/c1-5-8-9-13-11-17(21,6-2)16(12(13)4)18(7-3)14(19)10-15(20)22-18/h8-9,12-14,16,19,21H,5-7,10-11H2,1-4H3/t12-,13+,14+,16+,17-,18-/m1/s1. The highest BCUT2D eigenvalue weighted by Gasteiger charge is 2.64. The monoisotopic (exact) mass is 310 g/mol. The van der Waals surface area contributed by atoms with Gasteiger partial charge in [0.1, 0.15) is 11.7 Å². The summed E-state index contributed by atoms with van der Waals surface area (Å²) >= 11 is 0. The topological polar surface area (TPSA) is 66.8 Å². The third kappa shape index (κ3) is 2.61. The van der Waals surface area contributed by atoms with E-state index in [9.17, 15) is 15.0 Å². The van der Waals surface area contributed by atoms with Crippen LogP contribution in [0.5, 0.6) is 0 Å². The molecule has 6 atom stereocenters. The van der Waals surface area contributed by atoms with Crippen LogP contribution in [0.25, 0.3) is 0 Å². The Balaban J connectivity index is 2.41. The lowest BCUT2D eigenvalue weighted by atomic mass is 9.68. The molecule has 0 unspecified atom stereocenters. The van der Waals surface area contributed by atoms with Crippen molar-refractivity contribution in [2.24, 2.45) is 17.8 Å². The zero-order valence-electron chi connectivity index (χ0n) is 14.2. The fraction of sp³-hybridized carbons (Fsp3) is 0.833. The molecule has 2 fully saturated rings. The van der Waals surface area contributed by atoms with Gasteiger partial charge >= 0.3 is 5.97 Å². The smallest absolute Gasteiger partial charge is 0.309 e. The Labute approximate surface area is 133 Å². The van der Waals surface area contributed by atoms with Gasteiger partial charge in [-0.05, 0) is 37.5 Å². The lowest BCUT2D eigenvalue weighted by Crippen LogP contribution is -2.55. The second-order valence-corrected chi connectivity index (χ2v) is 7.00. The molecule has 1 saturated carbocycles. The molecule has 0 spiro atoms. The van der Waals surface area contributed by atoms with Crippen LogP contribution in [0.2, 0.25) is 0 Å². The maximum absolute atomic E-state index is 11.8. The van der Waals surface area contributed by atoms with Crippen LogP contribution in [0.15, 0.2) is 12.2 Å². The summed E-state index contributed by atoms with van der Waals surface area (Å²) in [6.45, 7) is 8.10. The summed E-state index contributed by atoms with van der Waals surface area (Å²) in [6, 6.07) is 0. The second kappa shape index (κ2) is 6.32. The van der Waals surface area contributed by atoms with Crippen molar-refractivity contribution in [1.29, 1.82) is 0 Å². The molecule has 0 bridgehead atoms. The van der Waals surface area contributed by atoms with Gasteiger partial charge in [-0.15, -0.1) is 0 Å². The van der Waals surface area contributed by atoms with Gasteiger partial charge in [0.15, 0.2) is 0 Å². The molecule has 1 saturated heterocycles. The minimum atomic E-state index is -0.948. The SMILES string of the molecule is CCC=C[C@H]1C[C@](O)(CC)[C@@H]([C@]2(CC)OC(=O)C[C@@H]2O)[C@@H]1C. The molecule has 2 N–H and O–H groups in total. The lowest BCUT2D eigenvalue weighted by molar-refractivity contribution is -0.181. The van der Waals surface area contributed by atoms with Gasteiger partial charge in [-0.2, -0.15) is 0 Å². The lowest BCUT2D eigenvalue weighted by Gasteiger charge is -2.44. The molecule has 1 aliphatic carbocycles. The minimum Gasteiger partial charge on any atom is -0.456 e. The van der Waals surface area contributed by atoms with E-state index in [1.54, 1.807) is 0 Å². The van der Waals surface area contributed by atoms with E-state index in [-0.39, 0.29) is 30.1 Å². The van der Waals surface area contributed by atoms with Crippen molar-refractivity contribution in [3.8, 4) is 0 Å². The van der Waals surface area contributed by atoms with Gasteiger partial charge in [0.2, 0.25) is 0 Å². The van der Waals surface area contributed by atoms with Gasteiger partial charge in [-0.3, -0.25) is 4.79 Å². The number of aliphatic hydroxyl groups excluding tert-OH is 1. The molecule has 2 aliphatic rings. The largest absolute Gasteiger partial charge is 0.456 e. The van der Waals surface area contributed by atoms with Gasteiger partial charge < -0.3 is 14.9 Å². The highest BCUT2D eigenvalue weighted by molar-refractivity contribution is 5.73. The van der Waals surface area contributed by atoms with Gasteiger partial charge in [-0.1, -0.05) is 39.8 Å².